The lowest BCUT2D eigenvalue weighted by molar-refractivity contribution is 0.351. The van der Waals surface area contributed by atoms with E-state index >= 15 is 0 Å². The number of hydrogen-bond acceptors (Lipinski definition) is 4. The molecule has 0 spiro atoms. The van der Waals surface area contributed by atoms with Gasteiger partial charge in [0, 0.05) is 0 Å². The molecule has 0 bridgehead atoms. The summed E-state index contributed by atoms with van der Waals surface area (Å²) in [6.07, 6.45) is 2.24. The number of hydrogen-bond donors (Lipinski definition) is 1. The van der Waals surface area contributed by atoms with Crippen LogP contribution in [0.3, 0.4) is 0 Å². The Morgan fingerprint density at radius 2 is 2.50 bits per heavy atom. The summed E-state index contributed by atoms with van der Waals surface area (Å²) >= 11 is 3.73. The lowest BCUT2D eigenvalue weighted by Crippen LogP contribution is -1.95. The van der Waals surface area contributed by atoms with E-state index in [-0.39, 0.29) is 11.8 Å². The molecule has 10 heavy (non-hydrogen) atoms. The highest BCUT2D eigenvalue weighted by atomic mass is 32.1. The lowest BCUT2D eigenvalue weighted by Gasteiger charge is -1.99. The molecule has 5 heteroatoms. The van der Waals surface area contributed by atoms with Gasteiger partial charge in [0.05, 0.1) is 6.20 Å². The first-order valence-electron chi connectivity index (χ1n) is 2.53. The third kappa shape index (κ3) is 1.57. The number of halogens is 1. The highest BCUT2D eigenvalue weighted by Crippen LogP contribution is 2.09. The van der Waals surface area contributed by atoms with Crippen LogP contribution >= 0.6 is 12.6 Å². The first kappa shape index (κ1) is 7.27. The molecule has 0 aromatic carbocycles. The Labute approximate surface area is 62.7 Å². The predicted molar refractivity (Wildman–Crippen MR) is 36.5 cm³/mol. The lowest BCUT2D eigenvalue weighted by atomic mass is 10.6. The molecular weight excluding hydrogens is 155 g/mol. The van der Waals surface area contributed by atoms with Crippen molar-refractivity contribution >= 4 is 12.6 Å². The van der Waals surface area contributed by atoms with Gasteiger partial charge < -0.3 is 4.74 Å². The summed E-state index contributed by atoms with van der Waals surface area (Å²) in [6.45, 7) is 0. The van der Waals surface area contributed by atoms with Gasteiger partial charge in [0.15, 0.2) is 0 Å². The van der Waals surface area contributed by atoms with E-state index in [9.17, 15) is 4.39 Å². The molecular formula is C5H5FN2OS. The third-order valence-corrected chi connectivity index (χ3v) is 0.964. The Hall–Kier alpha value is -0.840. The Kier molecular flexibility index (Phi) is 2.44. The Bertz CT molecular complexity index is 221. The predicted octanol–water partition coefficient (Wildman–Crippen LogP) is 0.882. The molecule has 0 aliphatic rings. The van der Waals surface area contributed by atoms with Crippen LogP contribution in [0.5, 0.6) is 5.88 Å². The van der Waals surface area contributed by atoms with Crippen molar-refractivity contribution in [2.75, 3.05) is 5.94 Å². The first-order chi connectivity index (χ1) is 4.84. The summed E-state index contributed by atoms with van der Waals surface area (Å²) in [6, 6.07) is 0. The number of nitrogens with zero attached hydrogens (tertiary/aromatic N) is 2. The fraction of sp³-hybridized carbons (Fsp3) is 0.200. The van der Waals surface area contributed by atoms with E-state index in [1.165, 1.54) is 6.33 Å². The standard InChI is InChI=1S/C5H5FN2OS/c6-4-1-7-2-8-5(4)9-3-10/h1-2,10H,3H2. The Morgan fingerprint density at radius 3 is 3.10 bits per heavy atom. The minimum Gasteiger partial charge on any atom is -0.465 e. The van der Waals surface area contributed by atoms with Crippen molar-refractivity contribution in [1.82, 2.24) is 9.97 Å². The van der Waals surface area contributed by atoms with Crippen molar-refractivity contribution in [3.63, 3.8) is 0 Å². The molecule has 0 aliphatic heterocycles. The van der Waals surface area contributed by atoms with Crippen molar-refractivity contribution in [3.05, 3.63) is 18.3 Å². The van der Waals surface area contributed by atoms with Crippen molar-refractivity contribution in [1.29, 1.82) is 0 Å². The number of ether oxygens (including phenoxy) is 1. The molecule has 1 aromatic rings. The maximum absolute atomic E-state index is 12.5. The summed E-state index contributed by atoms with van der Waals surface area (Å²) < 4.78 is 17.2. The first-order valence-corrected chi connectivity index (χ1v) is 3.17. The largest absolute Gasteiger partial charge is 0.465 e. The molecule has 1 heterocycles. The molecule has 0 radical (unpaired) electrons. The van der Waals surface area contributed by atoms with E-state index in [1.54, 1.807) is 0 Å². The minimum absolute atomic E-state index is 0.0648. The quantitative estimate of drug-likeness (QED) is 0.515. The Balaban J connectivity index is 2.81. The third-order valence-electron chi connectivity index (χ3n) is 0.835. The molecule has 54 valence electrons. The van der Waals surface area contributed by atoms with Crippen LogP contribution in [0.2, 0.25) is 0 Å². The molecule has 1 aromatic heterocycles. The van der Waals surface area contributed by atoms with Crippen LogP contribution in [0.25, 0.3) is 0 Å². The van der Waals surface area contributed by atoms with E-state index in [1.807, 2.05) is 0 Å². The minimum atomic E-state index is -0.573. The second kappa shape index (κ2) is 3.36. The summed E-state index contributed by atoms with van der Waals surface area (Å²) in [5.74, 6) is -0.532. The molecule has 0 atom stereocenters. The van der Waals surface area contributed by atoms with E-state index in [0.29, 0.717) is 0 Å². The normalized spacial score (nSPS) is 9.40. The van der Waals surface area contributed by atoms with Gasteiger partial charge in [0.2, 0.25) is 5.82 Å². The molecule has 0 saturated carbocycles. The topological polar surface area (TPSA) is 35.0 Å². The summed E-state index contributed by atoms with van der Waals surface area (Å²) in [4.78, 5) is 6.95. The van der Waals surface area contributed by atoms with Crippen molar-refractivity contribution in [3.8, 4) is 5.88 Å². The Morgan fingerprint density at radius 1 is 1.70 bits per heavy atom. The molecule has 0 amide bonds. The highest BCUT2D eigenvalue weighted by Gasteiger charge is 2.00. The van der Waals surface area contributed by atoms with E-state index in [0.717, 1.165) is 6.20 Å². The van der Waals surface area contributed by atoms with Gasteiger partial charge in [0.25, 0.3) is 5.88 Å². The average molecular weight is 160 g/mol. The fourth-order valence-electron chi connectivity index (χ4n) is 0.469. The van der Waals surface area contributed by atoms with Crippen LogP contribution in [0, 0.1) is 5.82 Å². The van der Waals surface area contributed by atoms with Gasteiger partial charge in [-0.3, -0.25) is 0 Å². The van der Waals surface area contributed by atoms with Crippen molar-refractivity contribution in [2.24, 2.45) is 0 Å². The van der Waals surface area contributed by atoms with Crippen LogP contribution in [-0.2, 0) is 0 Å². The van der Waals surface area contributed by atoms with Crippen LogP contribution < -0.4 is 4.74 Å². The maximum atomic E-state index is 12.5. The summed E-state index contributed by atoms with van der Waals surface area (Å²) in [5.41, 5.74) is 0. The van der Waals surface area contributed by atoms with Gasteiger partial charge in [-0.2, -0.15) is 9.37 Å². The van der Waals surface area contributed by atoms with Crippen LogP contribution in [-0.4, -0.2) is 15.9 Å². The smallest absolute Gasteiger partial charge is 0.254 e. The van der Waals surface area contributed by atoms with Gasteiger partial charge >= 0.3 is 0 Å². The second-order valence-electron chi connectivity index (χ2n) is 1.45. The second-order valence-corrected chi connectivity index (χ2v) is 1.71. The highest BCUT2D eigenvalue weighted by molar-refractivity contribution is 7.80. The number of aromatic nitrogens is 2. The molecule has 0 aliphatic carbocycles. The fourth-order valence-corrected chi connectivity index (χ4v) is 0.591. The van der Waals surface area contributed by atoms with E-state index in [4.69, 9.17) is 0 Å². The summed E-state index contributed by atoms with van der Waals surface area (Å²) in [5, 5.41) is 0. The van der Waals surface area contributed by atoms with Gasteiger partial charge in [-0.25, -0.2) is 4.98 Å². The molecule has 0 unspecified atom stereocenters. The van der Waals surface area contributed by atoms with Gasteiger partial charge in [-0.1, -0.05) is 0 Å². The van der Waals surface area contributed by atoms with Gasteiger partial charge in [0.1, 0.15) is 12.3 Å². The number of thiol groups is 1. The number of rotatable bonds is 2. The van der Waals surface area contributed by atoms with E-state index in [2.05, 4.69) is 27.3 Å². The van der Waals surface area contributed by atoms with Gasteiger partial charge in [-0.15, -0.1) is 12.6 Å². The average Bonchev–Trinajstić information content (AvgIpc) is 1.94. The van der Waals surface area contributed by atoms with Crippen LogP contribution in [0.15, 0.2) is 12.5 Å². The molecule has 0 saturated heterocycles. The maximum Gasteiger partial charge on any atom is 0.254 e. The van der Waals surface area contributed by atoms with Crippen molar-refractivity contribution in [2.45, 2.75) is 0 Å². The zero-order valence-electron chi connectivity index (χ0n) is 4.99. The van der Waals surface area contributed by atoms with Crippen LogP contribution in [0.1, 0.15) is 0 Å². The zero-order valence-corrected chi connectivity index (χ0v) is 5.88. The zero-order chi connectivity index (χ0) is 7.40. The SMILES string of the molecule is Fc1cncnc1OCS. The molecule has 3 nitrogen and oxygen atoms in total. The van der Waals surface area contributed by atoms with Crippen LogP contribution in [0.4, 0.5) is 4.39 Å². The molecule has 0 N–H and O–H groups in total. The summed E-state index contributed by atoms with van der Waals surface area (Å²) in [7, 11) is 0. The van der Waals surface area contributed by atoms with E-state index < -0.39 is 5.82 Å². The molecule has 0 fully saturated rings. The van der Waals surface area contributed by atoms with Gasteiger partial charge in [-0.05, 0) is 0 Å². The van der Waals surface area contributed by atoms with Crippen molar-refractivity contribution < 1.29 is 9.13 Å². The molecule has 1 rings (SSSR count). The monoisotopic (exact) mass is 160 g/mol.